The number of carboxylic acid groups (broad SMARTS) is 1. The molecule has 142 valence electrons. The van der Waals surface area contributed by atoms with Crippen LogP contribution in [0.3, 0.4) is 0 Å². The van der Waals surface area contributed by atoms with Gasteiger partial charge in [-0.3, -0.25) is 0 Å². The van der Waals surface area contributed by atoms with Crippen molar-refractivity contribution >= 4 is 34.7 Å². The van der Waals surface area contributed by atoms with Crippen LogP contribution in [0, 0.1) is 5.41 Å². The number of benzene rings is 1. The first-order chi connectivity index (χ1) is 12.2. The molecule has 0 bridgehead atoms. The normalized spacial score (nSPS) is 11.5. The summed E-state index contributed by atoms with van der Waals surface area (Å²) in [5.74, 6) is 0.319. The topological polar surface area (TPSA) is 77.8 Å². The lowest BCUT2D eigenvalue weighted by Gasteiger charge is -2.17. The molecular formula is C19H25NO5S. The Hall–Kier alpha value is -2.15. The highest BCUT2D eigenvalue weighted by molar-refractivity contribution is 7.98. The molecule has 1 aromatic heterocycles. The van der Waals surface area contributed by atoms with Gasteiger partial charge in [0.05, 0.1) is 18.7 Å². The van der Waals surface area contributed by atoms with Crippen molar-refractivity contribution in [3.05, 3.63) is 30.0 Å². The quantitative estimate of drug-likeness (QED) is 0.714. The van der Waals surface area contributed by atoms with Crippen LogP contribution in [0.5, 0.6) is 5.75 Å². The fourth-order valence-electron chi connectivity index (χ4n) is 2.39. The highest BCUT2D eigenvalue weighted by atomic mass is 32.2. The molecule has 0 unspecified atom stereocenters. The smallest absolute Gasteiger partial charge is 0.419 e. The second-order valence-electron chi connectivity index (χ2n) is 7.16. The summed E-state index contributed by atoms with van der Waals surface area (Å²) in [6.45, 7) is 6.94. The molecule has 0 aliphatic rings. The van der Waals surface area contributed by atoms with E-state index in [1.54, 1.807) is 30.0 Å². The molecular weight excluding hydrogens is 354 g/mol. The van der Waals surface area contributed by atoms with Gasteiger partial charge in [-0.15, -0.1) is 0 Å². The summed E-state index contributed by atoms with van der Waals surface area (Å²) in [4.78, 5) is 24.0. The number of carbonyl (C=O) groups excluding carboxylic acids is 1. The predicted octanol–water partition coefficient (Wildman–Crippen LogP) is 4.50. The maximum atomic E-state index is 12.5. The van der Waals surface area contributed by atoms with Gasteiger partial charge >= 0.3 is 12.1 Å². The zero-order valence-electron chi connectivity index (χ0n) is 15.6. The molecule has 0 saturated carbocycles. The van der Waals surface area contributed by atoms with Crippen LogP contribution in [0.1, 0.15) is 37.7 Å². The van der Waals surface area contributed by atoms with E-state index in [0.29, 0.717) is 29.7 Å². The van der Waals surface area contributed by atoms with E-state index in [4.69, 9.17) is 9.47 Å². The molecule has 0 amide bonds. The van der Waals surface area contributed by atoms with Crippen LogP contribution in [0.15, 0.2) is 24.3 Å². The van der Waals surface area contributed by atoms with Gasteiger partial charge in [0.25, 0.3) is 0 Å². The highest BCUT2D eigenvalue weighted by Gasteiger charge is 2.22. The van der Waals surface area contributed by atoms with Crippen molar-refractivity contribution in [1.29, 1.82) is 0 Å². The molecule has 7 heteroatoms. The highest BCUT2D eigenvalue weighted by Crippen LogP contribution is 2.26. The zero-order valence-corrected chi connectivity index (χ0v) is 16.4. The van der Waals surface area contributed by atoms with Crippen molar-refractivity contribution in [2.75, 3.05) is 25.2 Å². The molecule has 0 radical (unpaired) electrons. The number of rotatable bonds is 7. The van der Waals surface area contributed by atoms with Crippen molar-refractivity contribution in [1.82, 2.24) is 4.57 Å². The fraction of sp³-hybridized carbons (Fsp3) is 0.474. The first kappa shape index (κ1) is 20.2. The monoisotopic (exact) mass is 379 g/mol. The van der Waals surface area contributed by atoms with Gasteiger partial charge in [-0.05, 0) is 42.4 Å². The molecule has 1 N–H and O–H groups in total. The maximum Gasteiger partial charge on any atom is 0.419 e. The van der Waals surface area contributed by atoms with Gasteiger partial charge in [-0.25, -0.2) is 14.2 Å². The summed E-state index contributed by atoms with van der Waals surface area (Å²) >= 11 is 1.68. The van der Waals surface area contributed by atoms with Crippen LogP contribution in [-0.2, 0) is 4.74 Å². The molecule has 26 heavy (non-hydrogen) atoms. The number of aromatic nitrogens is 1. The van der Waals surface area contributed by atoms with E-state index in [-0.39, 0.29) is 17.7 Å². The van der Waals surface area contributed by atoms with Crippen molar-refractivity contribution in [2.24, 2.45) is 5.41 Å². The Labute approximate surface area is 157 Å². The van der Waals surface area contributed by atoms with Gasteiger partial charge in [0.2, 0.25) is 0 Å². The minimum atomic E-state index is -1.18. The molecule has 0 fully saturated rings. The van der Waals surface area contributed by atoms with Crippen LogP contribution in [0.4, 0.5) is 4.79 Å². The minimum absolute atomic E-state index is 0.0255. The van der Waals surface area contributed by atoms with Crippen molar-refractivity contribution in [2.45, 2.75) is 27.2 Å². The van der Waals surface area contributed by atoms with Crippen LogP contribution in [0.25, 0.3) is 10.9 Å². The van der Waals surface area contributed by atoms with Gasteiger partial charge in [0, 0.05) is 11.1 Å². The summed E-state index contributed by atoms with van der Waals surface area (Å²) in [6.07, 6.45) is 2.00. The Morgan fingerprint density at radius 2 is 1.92 bits per heavy atom. The lowest BCUT2D eigenvalue weighted by Crippen LogP contribution is -2.20. The molecule has 0 aliphatic carbocycles. The van der Waals surface area contributed by atoms with E-state index in [1.165, 1.54) is 6.07 Å². The van der Waals surface area contributed by atoms with Crippen LogP contribution in [0.2, 0.25) is 0 Å². The standard InChI is InChI=1S/C19H25NO5S/c1-19(2,3)7-8-25-18(23)20-15-6-5-14(24-9-10-26-4)11-13(15)12-16(20)17(21)22/h5-6,11-12H,7-10H2,1-4H3,(H,21,22). The molecule has 2 aromatic rings. The summed E-state index contributed by atoms with van der Waals surface area (Å²) < 4.78 is 12.0. The molecule has 1 aromatic carbocycles. The number of nitrogens with zero attached hydrogens (tertiary/aromatic N) is 1. The fourth-order valence-corrected chi connectivity index (χ4v) is 2.64. The third-order valence-electron chi connectivity index (χ3n) is 3.81. The largest absolute Gasteiger partial charge is 0.493 e. The number of thioether (sulfide) groups is 1. The van der Waals surface area contributed by atoms with Gasteiger partial charge in [-0.2, -0.15) is 11.8 Å². The Bertz CT molecular complexity index is 791. The minimum Gasteiger partial charge on any atom is -0.493 e. The first-order valence-corrected chi connectivity index (χ1v) is 9.80. The van der Waals surface area contributed by atoms with Gasteiger partial charge < -0.3 is 14.6 Å². The second kappa shape index (κ2) is 8.49. The Balaban J connectivity index is 2.27. The predicted molar refractivity (Wildman–Crippen MR) is 104 cm³/mol. The second-order valence-corrected chi connectivity index (χ2v) is 8.14. The Morgan fingerprint density at radius 1 is 1.19 bits per heavy atom. The summed E-state index contributed by atoms with van der Waals surface area (Å²) in [5, 5.41) is 10.1. The molecule has 0 atom stereocenters. The zero-order chi connectivity index (χ0) is 19.3. The van der Waals surface area contributed by atoms with E-state index in [9.17, 15) is 14.7 Å². The third-order valence-corrected chi connectivity index (χ3v) is 4.38. The molecule has 6 nitrogen and oxygen atoms in total. The maximum absolute atomic E-state index is 12.5. The lowest BCUT2D eigenvalue weighted by atomic mass is 9.93. The summed E-state index contributed by atoms with van der Waals surface area (Å²) in [7, 11) is 0. The number of fused-ring (bicyclic) bond motifs is 1. The average Bonchev–Trinajstić information content (AvgIpc) is 2.93. The number of ether oxygens (including phenoxy) is 2. The van der Waals surface area contributed by atoms with E-state index in [0.717, 1.165) is 10.3 Å². The SMILES string of the molecule is CSCCOc1ccc2c(c1)cc(C(=O)O)n2C(=O)OCCC(C)(C)C. The van der Waals surface area contributed by atoms with E-state index in [2.05, 4.69) is 0 Å². The van der Waals surface area contributed by atoms with Crippen LogP contribution < -0.4 is 4.74 Å². The third kappa shape index (κ3) is 5.17. The molecule has 0 saturated heterocycles. The van der Waals surface area contributed by atoms with Crippen molar-refractivity contribution < 1.29 is 24.2 Å². The molecule has 1 heterocycles. The van der Waals surface area contributed by atoms with Gasteiger partial charge in [0.15, 0.2) is 0 Å². The number of hydrogen-bond acceptors (Lipinski definition) is 5. The summed E-state index contributed by atoms with van der Waals surface area (Å²) in [5.41, 5.74) is 0.389. The molecule has 2 rings (SSSR count). The van der Waals surface area contributed by atoms with Crippen molar-refractivity contribution in [3.63, 3.8) is 0 Å². The Morgan fingerprint density at radius 3 is 2.54 bits per heavy atom. The summed E-state index contributed by atoms with van der Waals surface area (Å²) in [6, 6.07) is 6.61. The van der Waals surface area contributed by atoms with Crippen molar-refractivity contribution in [3.8, 4) is 5.75 Å². The van der Waals surface area contributed by atoms with Gasteiger partial charge in [-0.1, -0.05) is 20.8 Å². The van der Waals surface area contributed by atoms with Crippen LogP contribution in [-0.4, -0.2) is 47.0 Å². The number of carboxylic acids is 1. The van der Waals surface area contributed by atoms with E-state index in [1.807, 2.05) is 27.0 Å². The van der Waals surface area contributed by atoms with E-state index >= 15 is 0 Å². The molecule has 0 spiro atoms. The number of carbonyl (C=O) groups is 2. The van der Waals surface area contributed by atoms with E-state index < -0.39 is 12.1 Å². The lowest BCUT2D eigenvalue weighted by molar-refractivity contribution is 0.0680. The number of aromatic carboxylic acids is 1. The first-order valence-electron chi connectivity index (χ1n) is 8.40. The molecule has 0 aliphatic heterocycles. The average molecular weight is 379 g/mol. The Kier molecular flexibility index (Phi) is 6.58. The van der Waals surface area contributed by atoms with Crippen LogP contribution >= 0.6 is 11.8 Å². The van der Waals surface area contributed by atoms with Gasteiger partial charge in [0.1, 0.15) is 11.4 Å². The number of hydrogen-bond donors (Lipinski definition) is 1.